The van der Waals surface area contributed by atoms with Crippen LogP contribution in [0.4, 0.5) is 0 Å². The Hall–Kier alpha value is -0.640. The Bertz CT molecular complexity index is 395. The summed E-state index contributed by atoms with van der Waals surface area (Å²) in [5.74, 6) is 0. The van der Waals surface area contributed by atoms with Gasteiger partial charge in [-0.2, -0.15) is 9.57 Å². The van der Waals surface area contributed by atoms with Crippen molar-refractivity contribution in [3.8, 4) is 6.07 Å². The summed E-state index contributed by atoms with van der Waals surface area (Å²) in [6, 6.07) is 1.98. The molecular weight excluding hydrogens is 240 g/mol. The number of morpholine rings is 1. The van der Waals surface area contributed by atoms with Crippen LogP contribution in [-0.2, 0) is 14.8 Å². The molecule has 0 radical (unpaired) electrons. The summed E-state index contributed by atoms with van der Waals surface area (Å²) in [4.78, 5) is 0. The van der Waals surface area contributed by atoms with Crippen molar-refractivity contribution >= 4 is 10.0 Å². The molecule has 2 aliphatic rings. The number of ether oxygens (including phenoxy) is 1. The summed E-state index contributed by atoms with van der Waals surface area (Å²) in [6.45, 7) is 0.899. The second kappa shape index (κ2) is 5.34. The molecule has 0 spiro atoms. The summed E-state index contributed by atoms with van der Waals surface area (Å²) in [5, 5.41) is 8.55. The van der Waals surface area contributed by atoms with Crippen LogP contribution in [0.2, 0.25) is 0 Å². The first kappa shape index (κ1) is 12.8. The maximum absolute atomic E-state index is 12.4. The average molecular weight is 258 g/mol. The van der Waals surface area contributed by atoms with Crippen molar-refractivity contribution in [3.63, 3.8) is 0 Å². The summed E-state index contributed by atoms with van der Waals surface area (Å²) < 4.78 is 31.3. The molecule has 17 heavy (non-hydrogen) atoms. The largest absolute Gasteiger partial charge is 0.361 e. The third-order valence-electron chi connectivity index (χ3n) is 3.51. The molecule has 0 N–H and O–H groups in total. The van der Waals surface area contributed by atoms with Gasteiger partial charge in [0.05, 0.1) is 24.5 Å². The van der Waals surface area contributed by atoms with E-state index < -0.39 is 16.1 Å². The van der Waals surface area contributed by atoms with Gasteiger partial charge in [-0.05, 0) is 12.8 Å². The molecule has 96 valence electrons. The first-order valence-electron chi connectivity index (χ1n) is 6.15. The van der Waals surface area contributed by atoms with Gasteiger partial charge in [-0.1, -0.05) is 19.3 Å². The van der Waals surface area contributed by atoms with E-state index in [-0.39, 0.29) is 11.8 Å². The van der Waals surface area contributed by atoms with Crippen LogP contribution in [-0.4, -0.2) is 43.8 Å². The van der Waals surface area contributed by atoms with Crippen molar-refractivity contribution in [2.24, 2.45) is 0 Å². The van der Waals surface area contributed by atoms with Gasteiger partial charge in [0, 0.05) is 6.54 Å². The number of nitriles is 1. The molecule has 0 aromatic rings. The SMILES string of the molecule is N#CC1CN(S(=O)(=O)C2CCCCC2)CCO1. The predicted octanol–water partition coefficient (Wildman–Crippen LogP) is 0.873. The highest BCUT2D eigenvalue weighted by Gasteiger charge is 2.36. The zero-order valence-electron chi connectivity index (χ0n) is 9.84. The van der Waals surface area contributed by atoms with Crippen molar-refractivity contribution in [3.05, 3.63) is 0 Å². The van der Waals surface area contributed by atoms with E-state index in [1.807, 2.05) is 6.07 Å². The summed E-state index contributed by atoms with van der Waals surface area (Å²) in [5.41, 5.74) is 0. The minimum atomic E-state index is -3.23. The van der Waals surface area contributed by atoms with Crippen LogP contribution in [0.3, 0.4) is 0 Å². The molecule has 2 rings (SSSR count). The van der Waals surface area contributed by atoms with Crippen LogP contribution in [0.15, 0.2) is 0 Å². The zero-order chi connectivity index (χ0) is 12.3. The van der Waals surface area contributed by atoms with Crippen LogP contribution in [0, 0.1) is 11.3 Å². The third kappa shape index (κ3) is 2.79. The van der Waals surface area contributed by atoms with Crippen LogP contribution in [0.1, 0.15) is 32.1 Å². The maximum atomic E-state index is 12.4. The molecule has 1 aliphatic carbocycles. The number of rotatable bonds is 2. The highest BCUT2D eigenvalue weighted by molar-refractivity contribution is 7.89. The lowest BCUT2D eigenvalue weighted by Crippen LogP contribution is -2.48. The van der Waals surface area contributed by atoms with Gasteiger partial charge in [-0.15, -0.1) is 0 Å². The summed E-state index contributed by atoms with van der Waals surface area (Å²) in [7, 11) is -3.23. The Morgan fingerprint density at radius 3 is 2.59 bits per heavy atom. The molecule has 1 unspecified atom stereocenters. The lowest BCUT2D eigenvalue weighted by molar-refractivity contribution is 0.0306. The maximum Gasteiger partial charge on any atom is 0.217 e. The highest BCUT2D eigenvalue weighted by Crippen LogP contribution is 2.26. The lowest BCUT2D eigenvalue weighted by atomic mass is 10.0. The molecule has 6 heteroatoms. The first-order chi connectivity index (χ1) is 8.14. The Kier molecular flexibility index (Phi) is 4.02. The molecule has 2 fully saturated rings. The fourth-order valence-electron chi connectivity index (χ4n) is 2.51. The van der Waals surface area contributed by atoms with Gasteiger partial charge in [0.1, 0.15) is 0 Å². The van der Waals surface area contributed by atoms with Gasteiger partial charge in [0.15, 0.2) is 6.10 Å². The smallest absolute Gasteiger partial charge is 0.217 e. The Morgan fingerprint density at radius 1 is 1.24 bits per heavy atom. The number of hydrogen-bond donors (Lipinski definition) is 0. The quantitative estimate of drug-likeness (QED) is 0.737. The Balaban J connectivity index is 2.06. The number of hydrogen-bond acceptors (Lipinski definition) is 4. The lowest BCUT2D eigenvalue weighted by Gasteiger charge is -2.33. The normalized spacial score (nSPS) is 28.8. The predicted molar refractivity (Wildman–Crippen MR) is 62.7 cm³/mol. The third-order valence-corrected chi connectivity index (χ3v) is 5.87. The molecule has 1 atom stereocenters. The van der Waals surface area contributed by atoms with Crippen molar-refractivity contribution in [2.75, 3.05) is 19.7 Å². The van der Waals surface area contributed by atoms with E-state index in [0.29, 0.717) is 13.2 Å². The minimum Gasteiger partial charge on any atom is -0.361 e. The number of sulfonamides is 1. The zero-order valence-corrected chi connectivity index (χ0v) is 10.7. The monoisotopic (exact) mass is 258 g/mol. The minimum absolute atomic E-state index is 0.190. The average Bonchev–Trinajstić information content (AvgIpc) is 2.40. The molecule has 0 aromatic heterocycles. The van der Waals surface area contributed by atoms with Gasteiger partial charge < -0.3 is 4.74 Å². The van der Waals surface area contributed by atoms with E-state index in [2.05, 4.69) is 0 Å². The molecule has 0 bridgehead atoms. The standard InChI is InChI=1S/C11H18N2O3S/c12-8-10-9-13(6-7-16-10)17(14,15)11-4-2-1-3-5-11/h10-11H,1-7,9H2. The van der Waals surface area contributed by atoms with E-state index in [4.69, 9.17) is 10.00 Å². The topological polar surface area (TPSA) is 70.4 Å². The Labute approximate surface area is 102 Å². The molecule has 1 heterocycles. The fourth-order valence-corrected chi connectivity index (χ4v) is 4.53. The van der Waals surface area contributed by atoms with E-state index in [9.17, 15) is 8.42 Å². The van der Waals surface area contributed by atoms with Crippen molar-refractivity contribution < 1.29 is 13.2 Å². The molecule has 1 aliphatic heterocycles. The van der Waals surface area contributed by atoms with Gasteiger partial charge in [-0.25, -0.2) is 8.42 Å². The number of nitrogens with zero attached hydrogens (tertiary/aromatic N) is 2. The molecular formula is C11H18N2O3S. The van der Waals surface area contributed by atoms with E-state index >= 15 is 0 Å². The molecule has 5 nitrogen and oxygen atoms in total. The molecule has 1 saturated carbocycles. The van der Waals surface area contributed by atoms with Gasteiger partial charge in [0.2, 0.25) is 10.0 Å². The van der Waals surface area contributed by atoms with Gasteiger partial charge in [-0.3, -0.25) is 0 Å². The summed E-state index contributed by atoms with van der Waals surface area (Å²) in [6.07, 6.45) is 4.04. The van der Waals surface area contributed by atoms with E-state index in [0.717, 1.165) is 32.1 Å². The Morgan fingerprint density at radius 2 is 1.94 bits per heavy atom. The highest BCUT2D eigenvalue weighted by atomic mass is 32.2. The second-order valence-corrected chi connectivity index (χ2v) is 6.86. The summed E-state index contributed by atoms with van der Waals surface area (Å²) >= 11 is 0. The molecule has 0 amide bonds. The van der Waals surface area contributed by atoms with Crippen molar-refractivity contribution in [2.45, 2.75) is 43.5 Å². The van der Waals surface area contributed by atoms with Crippen molar-refractivity contribution in [1.82, 2.24) is 4.31 Å². The van der Waals surface area contributed by atoms with Crippen LogP contribution in [0.5, 0.6) is 0 Å². The van der Waals surface area contributed by atoms with Gasteiger partial charge in [0.25, 0.3) is 0 Å². The van der Waals surface area contributed by atoms with E-state index in [1.54, 1.807) is 0 Å². The fraction of sp³-hybridized carbons (Fsp3) is 0.909. The van der Waals surface area contributed by atoms with Gasteiger partial charge >= 0.3 is 0 Å². The van der Waals surface area contributed by atoms with E-state index in [1.165, 1.54) is 4.31 Å². The van der Waals surface area contributed by atoms with Crippen LogP contribution in [0.25, 0.3) is 0 Å². The van der Waals surface area contributed by atoms with Crippen LogP contribution < -0.4 is 0 Å². The first-order valence-corrected chi connectivity index (χ1v) is 7.65. The molecule has 0 aromatic carbocycles. The van der Waals surface area contributed by atoms with Crippen LogP contribution >= 0.6 is 0 Å². The second-order valence-electron chi connectivity index (χ2n) is 4.65. The molecule has 1 saturated heterocycles. The van der Waals surface area contributed by atoms with Crippen molar-refractivity contribution in [1.29, 1.82) is 5.26 Å².